The van der Waals surface area contributed by atoms with Gasteiger partial charge in [0, 0.05) is 36.1 Å². The molecule has 3 aromatic carbocycles. The van der Waals surface area contributed by atoms with E-state index in [-0.39, 0.29) is 31.2 Å². The molecule has 0 radical (unpaired) electrons. The first-order chi connectivity index (χ1) is 22.5. The fourth-order valence-electron chi connectivity index (χ4n) is 6.79. The van der Waals surface area contributed by atoms with Gasteiger partial charge in [0.2, 0.25) is 18.6 Å². The van der Waals surface area contributed by atoms with Crippen molar-refractivity contribution in [3.8, 4) is 23.8 Å². The number of hydrogen-bond donors (Lipinski definition) is 3. The number of ether oxygens (including phenoxy) is 2. The lowest BCUT2D eigenvalue weighted by atomic mass is 9.86. The van der Waals surface area contributed by atoms with E-state index in [1.54, 1.807) is 11.9 Å². The van der Waals surface area contributed by atoms with Crippen LogP contribution in [0.5, 0.6) is 11.5 Å². The van der Waals surface area contributed by atoms with Crippen molar-refractivity contribution in [3.05, 3.63) is 94.7 Å². The molecule has 244 valence electrons. The van der Waals surface area contributed by atoms with Gasteiger partial charge in [0.05, 0.1) is 25.4 Å². The summed E-state index contributed by atoms with van der Waals surface area (Å²) in [5.41, 5.74) is 6.87. The van der Waals surface area contributed by atoms with Gasteiger partial charge >= 0.3 is 0 Å². The van der Waals surface area contributed by atoms with E-state index in [1.807, 2.05) is 36.4 Å². The summed E-state index contributed by atoms with van der Waals surface area (Å²) in [5.74, 6) is 3.90. The van der Waals surface area contributed by atoms with Crippen LogP contribution in [-0.4, -0.2) is 78.8 Å². The molecule has 1 fully saturated rings. The highest BCUT2D eigenvalue weighted by atomic mass is 32.2. The summed E-state index contributed by atoms with van der Waals surface area (Å²) in [6.45, 7) is 0.945. The third-order valence-corrected chi connectivity index (χ3v) is 8.75. The van der Waals surface area contributed by atoms with Gasteiger partial charge < -0.3 is 24.3 Å². The average molecular weight is 657 g/mol. The number of piperazine rings is 1. The first kappa shape index (κ1) is 32.1. The Hall–Kier alpha value is -4.83. The molecular formula is C35H36N4O7S. The lowest BCUT2D eigenvalue weighted by molar-refractivity contribution is -0.157. The largest absolute Gasteiger partial charge is 0.454 e. The Kier molecular flexibility index (Phi) is 8.96. The maximum absolute atomic E-state index is 13.1. The molecule has 4 heterocycles. The standard InChI is InChI=1S/C22H19N3O4.C12H13N.CH4O3S/c1-24-10-19(26)25-16(22(24)27)9-14-13-4-2-3-5-15(13)23-20(14)21(25)12-6-7-17-18(8-12)29-11-28-17;1-2-9-13-12-8-7-10-5-3-4-6-11(10)12;1-5(2,3)4/h2-8,16,21,23H,9-11H2,1H3;1,3-6,12-13H,7-9H2;1H3,(H,2,3,4)/t16-,21-;12-;/m11./s1. The molecule has 4 aliphatic rings. The zero-order valence-corrected chi connectivity index (χ0v) is 26.9. The summed E-state index contributed by atoms with van der Waals surface area (Å²) in [4.78, 5) is 32.9. The van der Waals surface area contributed by atoms with Crippen LogP contribution in [0.3, 0.4) is 0 Å². The second-order valence-electron chi connectivity index (χ2n) is 11.9. The first-order valence-electron chi connectivity index (χ1n) is 15.3. The maximum atomic E-state index is 13.1. The Bertz CT molecular complexity index is 1980. The number of aryl methyl sites for hydroxylation is 1. The van der Waals surface area contributed by atoms with Crippen LogP contribution in [0.4, 0.5) is 0 Å². The number of H-pyrrole nitrogens is 1. The zero-order chi connectivity index (χ0) is 33.3. The smallest absolute Gasteiger partial charge is 0.261 e. The predicted octanol–water partition coefficient (Wildman–Crippen LogP) is 3.61. The Labute approximate surface area is 273 Å². The van der Waals surface area contributed by atoms with E-state index in [1.165, 1.54) is 28.9 Å². The third-order valence-electron chi connectivity index (χ3n) is 8.75. The molecule has 0 spiro atoms. The second kappa shape index (κ2) is 13.1. The summed E-state index contributed by atoms with van der Waals surface area (Å²) >= 11 is 0. The highest BCUT2D eigenvalue weighted by Crippen LogP contribution is 2.44. The van der Waals surface area contributed by atoms with Crippen molar-refractivity contribution in [1.29, 1.82) is 0 Å². The number of amides is 2. The van der Waals surface area contributed by atoms with Crippen molar-refractivity contribution >= 4 is 32.8 Å². The van der Waals surface area contributed by atoms with Crippen LogP contribution in [0.2, 0.25) is 0 Å². The molecule has 3 atom stereocenters. The highest BCUT2D eigenvalue weighted by Gasteiger charge is 2.47. The molecular weight excluding hydrogens is 620 g/mol. The second-order valence-corrected chi connectivity index (χ2v) is 13.4. The van der Waals surface area contributed by atoms with Crippen LogP contribution in [0.25, 0.3) is 10.9 Å². The third kappa shape index (κ3) is 6.69. The molecule has 12 heteroatoms. The molecule has 8 rings (SSSR count). The number of terminal acetylenes is 1. The minimum absolute atomic E-state index is 0.0220. The maximum Gasteiger partial charge on any atom is 0.261 e. The van der Waals surface area contributed by atoms with Gasteiger partial charge in [-0.15, -0.1) is 6.42 Å². The van der Waals surface area contributed by atoms with Gasteiger partial charge in [0.25, 0.3) is 10.1 Å². The fraction of sp³-hybridized carbons (Fsp3) is 0.314. The molecule has 1 aromatic heterocycles. The van der Waals surface area contributed by atoms with E-state index in [2.05, 4.69) is 46.6 Å². The van der Waals surface area contributed by atoms with E-state index in [0.29, 0.717) is 36.8 Å². The number of aromatic amines is 1. The number of carbonyl (C=O) groups is 2. The monoisotopic (exact) mass is 656 g/mol. The molecule has 0 saturated carbocycles. The highest BCUT2D eigenvalue weighted by molar-refractivity contribution is 7.85. The van der Waals surface area contributed by atoms with Crippen molar-refractivity contribution in [2.75, 3.05) is 33.2 Å². The SMILES string of the molecule is C#CCN[C@@H]1CCc2ccccc21.CN1CC(=O)N2[C@H](c3ccc4c(c3)OCO4)c3[nH]c4ccccc4c3C[C@@H]2C1=O.CS(=O)(=O)O. The normalized spacial score (nSPS) is 20.7. The number of nitrogens with zero attached hydrogens (tertiary/aromatic N) is 2. The number of likely N-dealkylation sites (N-methyl/N-ethyl adjacent to an activating group) is 1. The topological polar surface area (TPSA) is 141 Å². The van der Waals surface area contributed by atoms with Crippen molar-refractivity contribution in [1.82, 2.24) is 20.1 Å². The molecule has 0 unspecified atom stereocenters. The van der Waals surface area contributed by atoms with Crippen LogP contribution in [0.15, 0.2) is 66.7 Å². The van der Waals surface area contributed by atoms with E-state index >= 15 is 0 Å². The van der Waals surface area contributed by atoms with Gasteiger partial charge in [-0.3, -0.25) is 19.5 Å². The predicted molar refractivity (Wildman–Crippen MR) is 176 cm³/mol. The number of nitrogens with one attached hydrogen (secondary N) is 2. The van der Waals surface area contributed by atoms with E-state index in [4.69, 9.17) is 20.4 Å². The van der Waals surface area contributed by atoms with Crippen LogP contribution >= 0.6 is 0 Å². The number of para-hydroxylation sites is 1. The number of rotatable bonds is 3. The Morgan fingerprint density at radius 3 is 2.57 bits per heavy atom. The number of benzene rings is 3. The van der Waals surface area contributed by atoms with Gasteiger partial charge in [-0.25, -0.2) is 0 Å². The van der Waals surface area contributed by atoms with Gasteiger partial charge in [-0.05, 0) is 53.3 Å². The zero-order valence-electron chi connectivity index (χ0n) is 26.1. The average Bonchev–Trinajstić information content (AvgIpc) is 3.78. The Balaban J connectivity index is 0.000000178. The summed E-state index contributed by atoms with van der Waals surface area (Å²) in [6.07, 6.45) is 8.80. The molecule has 3 aliphatic heterocycles. The summed E-state index contributed by atoms with van der Waals surface area (Å²) < 4.78 is 36.9. The minimum atomic E-state index is -3.67. The van der Waals surface area contributed by atoms with Crippen LogP contribution in [0.1, 0.15) is 46.5 Å². The van der Waals surface area contributed by atoms with E-state index in [0.717, 1.165) is 27.7 Å². The van der Waals surface area contributed by atoms with Gasteiger partial charge in [-0.1, -0.05) is 54.5 Å². The van der Waals surface area contributed by atoms with Gasteiger partial charge in [0.15, 0.2) is 11.5 Å². The van der Waals surface area contributed by atoms with Crippen LogP contribution < -0.4 is 14.8 Å². The Morgan fingerprint density at radius 1 is 1.06 bits per heavy atom. The van der Waals surface area contributed by atoms with Crippen molar-refractivity contribution in [2.45, 2.75) is 37.4 Å². The number of hydrogen-bond acceptors (Lipinski definition) is 7. The summed E-state index contributed by atoms with van der Waals surface area (Å²) in [7, 11) is -1.97. The van der Waals surface area contributed by atoms with Gasteiger partial charge in [-0.2, -0.15) is 8.42 Å². The minimum Gasteiger partial charge on any atom is -0.454 e. The van der Waals surface area contributed by atoms with Crippen molar-refractivity contribution in [3.63, 3.8) is 0 Å². The molecule has 3 N–H and O–H groups in total. The number of fused-ring (bicyclic) bond motifs is 6. The number of carbonyl (C=O) groups excluding carboxylic acids is 2. The molecule has 1 aliphatic carbocycles. The van der Waals surface area contributed by atoms with E-state index < -0.39 is 16.2 Å². The summed E-state index contributed by atoms with van der Waals surface area (Å²) in [6, 6.07) is 22.0. The molecule has 4 aromatic rings. The van der Waals surface area contributed by atoms with E-state index in [9.17, 15) is 18.0 Å². The molecule has 2 amide bonds. The fourth-order valence-corrected chi connectivity index (χ4v) is 6.79. The lowest BCUT2D eigenvalue weighted by Gasteiger charge is -2.46. The Morgan fingerprint density at radius 2 is 1.79 bits per heavy atom. The van der Waals surface area contributed by atoms with Crippen LogP contribution in [-0.2, 0) is 32.5 Å². The quantitative estimate of drug-likeness (QED) is 0.225. The molecule has 11 nitrogen and oxygen atoms in total. The molecule has 47 heavy (non-hydrogen) atoms. The first-order valence-corrected chi connectivity index (χ1v) is 17.1. The van der Waals surface area contributed by atoms with Crippen molar-refractivity contribution < 1.29 is 32.0 Å². The molecule has 0 bridgehead atoms. The van der Waals surface area contributed by atoms with Crippen molar-refractivity contribution in [2.24, 2.45) is 0 Å². The van der Waals surface area contributed by atoms with Crippen LogP contribution in [0, 0.1) is 12.3 Å². The number of aromatic nitrogens is 1. The van der Waals surface area contributed by atoms with Gasteiger partial charge in [0.1, 0.15) is 6.04 Å². The lowest BCUT2D eigenvalue weighted by Crippen LogP contribution is -2.62. The molecule has 1 saturated heterocycles. The summed E-state index contributed by atoms with van der Waals surface area (Å²) in [5, 5.41) is 4.45.